The van der Waals surface area contributed by atoms with Gasteiger partial charge < -0.3 is 19.7 Å². The van der Waals surface area contributed by atoms with E-state index >= 15 is 0 Å². The van der Waals surface area contributed by atoms with E-state index in [1.807, 2.05) is 36.1 Å². The lowest BCUT2D eigenvalue weighted by Gasteiger charge is -2.25. The van der Waals surface area contributed by atoms with Gasteiger partial charge in [-0.05, 0) is 48.7 Å². The molecule has 1 aliphatic rings. The van der Waals surface area contributed by atoms with Crippen molar-refractivity contribution in [1.29, 1.82) is 0 Å². The van der Waals surface area contributed by atoms with Gasteiger partial charge >= 0.3 is 0 Å². The van der Waals surface area contributed by atoms with Crippen molar-refractivity contribution in [3.05, 3.63) is 83.4 Å². The predicted molar refractivity (Wildman–Crippen MR) is 148 cm³/mol. The van der Waals surface area contributed by atoms with Crippen molar-refractivity contribution in [2.24, 2.45) is 0 Å². The summed E-state index contributed by atoms with van der Waals surface area (Å²) in [5.41, 5.74) is 2.98. The van der Waals surface area contributed by atoms with E-state index in [2.05, 4.69) is 5.32 Å². The Balaban J connectivity index is 1.57. The monoisotopic (exact) mass is 551 g/mol. The average Bonchev–Trinajstić information content (AvgIpc) is 3.34. The van der Waals surface area contributed by atoms with Crippen molar-refractivity contribution >= 4 is 27.5 Å². The molecule has 0 spiro atoms. The van der Waals surface area contributed by atoms with Crippen molar-refractivity contribution in [2.75, 3.05) is 31.6 Å². The third kappa shape index (κ3) is 6.51. The van der Waals surface area contributed by atoms with E-state index in [4.69, 9.17) is 9.47 Å². The Hall–Kier alpha value is -4.05. The van der Waals surface area contributed by atoms with Crippen LogP contribution in [0.15, 0.2) is 71.6 Å². The van der Waals surface area contributed by atoms with Gasteiger partial charge in [0.25, 0.3) is 10.0 Å². The molecule has 0 radical (unpaired) electrons. The van der Waals surface area contributed by atoms with E-state index in [-0.39, 0.29) is 23.0 Å². The molecule has 206 valence electrons. The molecule has 0 saturated carbocycles. The molecule has 2 amide bonds. The van der Waals surface area contributed by atoms with Gasteiger partial charge in [-0.15, -0.1) is 0 Å². The van der Waals surface area contributed by atoms with Crippen molar-refractivity contribution in [1.82, 2.24) is 10.2 Å². The Bertz CT molecular complexity index is 1440. The van der Waals surface area contributed by atoms with E-state index < -0.39 is 22.5 Å². The third-order valence-corrected chi connectivity index (χ3v) is 8.47. The molecule has 0 atom stereocenters. The fraction of sp³-hybridized carbons (Fsp3) is 0.310. The molecule has 0 aliphatic carbocycles. The molecule has 1 fully saturated rings. The number of benzene rings is 3. The summed E-state index contributed by atoms with van der Waals surface area (Å²) in [6, 6.07) is 18.8. The van der Waals surface area contributed by atoms with Gasteiger partial charge in [-0.25, -0.2) is 8.42 Å². The average molecular weight is 552 g/mol. The minimum atomic E-state index is -4.09. The van der Waals surface area contributed by atoms with Crippen LogP contribution in [0.2, 0.25) is 0 Å². The second-order valence-electron chi connectivity index (χ2n) is 9.33. The summed E-state index contributed by atoms with van der Waals surface area (Å²) >= 11 is 0. The van der Waals surface area contributed by atoms with E-state index in [0.717, 1.165) is 34.0 Å². The first-order valence-electron chi connectivity index (χ1n) is 12.7. The number of likely N-dealkylation sites (tertiary alicyclic amines) is 1. The fourth-order valence-electron chi connectivity index (χ4n) is 4.47. The number of amides is 2. The normalized spacial score (nSPS) is 13.3. The Morgan fingerprint density at radius 2 is 1.67 bits per heavy atom. The topological polar surface area (TPSA) is 105 Å². The summed E-state index contributed by atoms with van der Waals surface area (Å²) in [4.78, 5) is 27.2. The molecule has 39 heavy (non-hydrogen) atoms. The van der Waals surface area contributed by atoms with Gasteiger partial charge in [0.05, 0.1) is 24.8 Å². The van der Waals surface area contributed by atoms with Gasteiger partial charge in [-0.1, -0.05) is 42.0 Å². The number of methoxy groups -OCH3 is 2. The summed E-state index contributed by atoms with van der Waals surface area (Å²) in [6.45, 7) is 2.81. The molecule has 1 heterocycles. The summed E-state index contributed by atoms with van der Waals surface area (Å²) in [5.74, 6) is 0.421. The highest BCUT2D eigenvalue weighted by Crippen LogP contribution is 2.33. The van der Waals surface area contributed by atoms with E-state index in [0.29, 0.717) is 24.5 Å². The number of carbonyl (C=O) groups is 2. The molecule has 10 heteroatoms. The van der Waals surface area contributed by atoms with E-state index in [1.165, 1.54) is 32.4 Å². The van der Waals surface area contributed by atoms with Gasteiger partial charge in [0.1, 0.15) is 6.54 Å². The van der Waals surface area contributed by atoms with Gasteiger partial charge in [0.2, 0.25) is 11.8 Å². The Morgan fingerprint density at radius 3 is 2.31 bits per heavy atom. The first-order chi connectivity index (χ1) is 18.7. The molecule has 1 N–H and O–H groups in total. The highest BCUT2D eigenvalue weighted by Gasteiger charge is 2.28. The maximum atomic E-state index is 13.7. The number of rotatable bonds is 11. The molecule has 1 saturated heterocycles. The Kier molecular flexibility index (Phi) is 8.75. The van der Waals surface area contributed by atoms with Crippen molar-refractivity contribution in [2.45, 2.75) is 37.8 Å². The van der Waals surface area contributed by atoms with Crippen molar-refractivity contribution < 1.29 is 27.5 Å². The Labute approximate surface area is 229 Å². The number of anilines is 1. The van der Waals surface area contributed by atoms with Crippen LogP contribution in [0.3, 0.4) is 0 Å². The molecule has 4 rings (SSSR count). The van der Waals surface area contributed by atoms with Crippen LogP contribution in [0, 0.1) is 6.92 Å². The SMILES string of the molecule is COc1ccc(N(CC(=O)NCc2ccccc2CN2CCCC2=O)S(=O)(=O)c2ccc(C)cc2)cc1OC. The van der Waals surface area contributed by atoms with Crippen LogP contribution in [-0.2, 0) is 32.7 Å². The predicted octanol–water partition coefficient (Wildman–Crippen LogP) is 3.65. The van der Waals surface area contributed by atoms with Crippen molar-refractivity contribution in [3.63, 3.8) is 0 Å². The maximum Gasteiger partial charge on any atom is 0.264 e. The summed E-state index contributed by atoms with van der Waals surface area (Å²) in [6.07, 6.45) is 1.40. The number of sulfonamides is 1. The number of aryl methyl sites for hydroxylation is 1. The molecule has 3 aromatic carbocycles. The second kappa shape index (κ2) is 12.2. The van der Waals surface area contributed by atoms with Gasteiger partial charge in [0.15, 0.2) is 11.5 Å². The molecule has 9 nitrogen and oxygen atoms in total. The zero-order valence-corrected chi connectivity index (χ0v) is 23.2. The highest BCUT2D eigenvalue weighted by atomic mass is 32.2. The number of nitrogens with zero attached hydrogens (tertiary/aromatic N) is 2. The van der Waals surface area contributed by atoms with Gasteiger partial charge in [-0.2, -0.15) is 0 Å². The summed E-state index contributed by atoms with van der Waals surface area (Å²) < 4.78 is 39.2. The molecule has 0 unspecified atom stereocenters. The Morgan fingerprint density at radius 1 is 0.974 bits per heavy atom. The number of nitrogens with one attached hydrogen (secondary N) is 1. The number of hydrogen-bond acceptors (Lipinski definition) is 6. The quantitative estimate of drug-likeness (QED) is 0.390. The minimum absolute atomic E-state index is 0.0660. The van der Waals surface area contributed by atoms with Crippen LogP contribution < -0.4 is 19.1 Å². The largest absolute Gasteiger partial charge is 0.493 e. The molecule has 1 aliphatic heterocycles. The fourth-order valence-corrected chi connectivity index (χ4v) is 5.89. The van der Waals surface area contributed by atoms with Crippen LogP contribution in [0.4, 0.5) is 5.69 Å². The first kappa shape index (κ1) is 28.0. The zero-order chi connectivity index (χ0) is 28.0. The lowest BCUT2D eigenvalue weighted by molar-refractivity contribution is -0.128. The molecular formula is C29H33N3O6S. The summed E-state index contributed by atoms with van der Waals surface area (Å²) in [5, 5.41) is 2.86. The lowest BCUT2D eigenvalue weighted by Crippen LogP contribution is -2.40. The maximum absolute atomic E-state index is 13.7. The molecule has 3 aromatic rings. The van der Waals surface area contributed by atoms with Crippen LogP contribution >= 0.6 is 0 Å². The van der Waals surface area contributed by atoms with Crippen LogP contribution in [0.5, 0.6) is 11.5 Å². The zero-order valence-electron chi connectivity index (χ0n) is 22.3. The minimum Gasteiger partial charge on any atom is -0.493 e. The second-order valence-corrected chi connectivity index (χ2v) is 11.2. The van der Waals surface area contributed by atoms with Gasteiger partial charge in [-0.3, -0.25) is 13.9 Å². The number of ether oxygens (including phenoxy) is 2. The number of hydrogen-bond donors (Lipinski definition) is 1. The van der Waals surface area contributed by atoms with E-state index in [9.17, 15) is 18.0 Å². The van der Waals surface area contributed by atoms with Gasteiger partial charge in [0, 0.05) is 32.1 Å². The lowest BCUT2D eigenvalue weighted by atomic mass is 10.1. The van der Waals surface area contributed by atoms with E-state index in [1.54, 1.807) is 24.3 Å². The molecule has 0 bridgehead atoms. The third-order valence-electron chi connectivity index (χ3n) is 6.68. The van der Waals surface area contributed by atoms with Crippen LogP contribution in [0.1, 0.15) is 29.5 Å². The van der Waals surface area contributed by atoms with Crippen LogP contribution in [0.25, 0.3) is 0 Å². The highest BCUT2D eigenvalue weighted by molar-refractivity contribution is 7.92. The standard InChI is InChI=1S/C29H33N3O6S/c1-21-10-13-25(14-11-21)39(35,36)32(24-12-15-26(37-2)27(17-24)38-3)20-28(33)30-18-22-7-4-5-8-23(22)19-31-16-6-9-29(31)34/h4-5,7-8,10-15,17H,6,9,16,18-20H2,1-3H3,(H,30,33). The molecular weight excluding hydrogens is 518 g/mol. The molecule has 0 aromatic heterocycles. The first-order valence-corrected chi connectivity index (χ1v) is 14.1. The number of carbonyl (C=O) groups excluding carboxylic acids is 2. The summed E-state index contributed by atoms with van der Waals surface area (Å²) in [7, 11) is -1.14. The van der Waals surface area contributed by atoms with Crippen molar-refractivity contribution in [3.8, 4) is 11.5 Å². The smallest absolute Gasteiger partial charge is 0.264 e. The van der Waals surface area contributed by atoms with Crippen LogP contribution in [-0.4, -0.2) is 52.4 Å².